The van der Waals surface area contributed by atoms with Gasteiger partial charge in [-0.25, -0.2) is 4.98 Å². The predicted octanol–water partition coefficient (Wildman–Crippen LogP) is 1.59. The Labute approximate surface area is 114 Å². The third-order valence-electron chi connectivity index (χ3n) is 3.07. The van der Waals surface area contributed by atoms with E-state index in [1.54, 1.807) is 13.8 Å². The van der Waals surface area contributed by atoms with E-state index in [1.807, 2.05) is 0 Å². The molecule has 0 spiro atoms. The number of nitrogens with two attached hydrogens (primary N) is 1. The molecule has 8 heteroatoms. The second kappa shape index (κ2) is 5.28. The van der Waals surface area contributed by atoms with Crippen molar-refractivity contribution in [1.82, 2.24) is 4.98 Å². The molecule has 0 aliphatic heterocycles. The van der Waals surface area contributed by atoms with Crippen LogP contribution >= 0.6 is 0 Å². The molecule has 112 valence electrons. The molecule has 0 bridgehead atoms. The van der Waals surface area contributed by atoms with E-state index in [1.165, 1.54) is 11.9 Å². The summed E-state index contributed by atoms with van der Waals surface area (Å²) in [5.41, 5.74) is 3.54. The van der Waals surface area contributed by atoms with Crippen molar-refractivity contribution < 1.29 is 18.3 Å². The molecule has 20 heavy (non-hydrogen) atoms. The van der Waals surface area contributed by atoms with Crippen LogP contribution in [0.25, 0.3) is 0 Å². The molecule has 0 fully saturated rings. The van der Waals surface area contributed by atoms with E-state index in [0.717, 1.165) is 12.1 Å². The van der Waals surface area contributed by atoms with Crippen LogP contribution in [0, 0.1) is 5.41 Å². The van der Waals surface area contributed by atoms with Crippen molar-refractivity contribution in [3.05, 3.63) is 23.4 Å². The number of hydrogen-bond acceptors (Lipinski definition) is 4. The van der Waals surface area contributed by atoms with Gasteiger partial charge >= 0.3 is 6.18 Å². The van der Waals surface area contributed by atoms with Gasteiger partial charge in [-0.15, -0.1) is 0 Å². The summed E-state index contributed by atoms with van der Waals surface area (Å²) in [5, 5.41) is 16.7. The van der Waals surface area contributed by atoms with Crippen molar-refractivity contribution in [2.24, 2.45) is 5.73 Å². The fourth-order valence-corrected chi connectivity index (χ4v) is 1.46. The minimum Gasteiger partial charge on any atom is -0.394 e. The molecule has 0 saturated carbocycles. The summed E-state index contributed by atoms with van der Waals surface area (Å²) in [6, 6.07) is 1.89. The van der Waals surface area contributed by atoms with Crippen LogP contribution in [0.3, 0.4) is 0 Å². The van der Waals surface area contributed by atoms with Crippen LogP contribution in [0.2, 0.25) is 0 Å². The fourth-order valence-electron chi connectivity index (χ4n) is 1.46. The number of aliphatic hydroxyl groups excluding tert-OH is 1. The summed E-state index contributed by atoms with van der Waals surface area (Å²) in [6.07, 6.45) is -4.59. The number of amidine groups is 1. The van der Waals surface area contributed by atoms with E-state index in [0.29, 0.717) is 0 Å². The number of aliphatic hydroxyl groups is 1. The lowest BCUT2D eigenvalue weighted by molar-refractivity contribution is -0.141. The summed E-state index contributed by atoms with van der Waals surface area (Å²) in [7, 11) is 1.49. The summed E-state index contributed by atoms with van der Waals surface area (Å²) in [5.74, 6) is -0.479. The van der Waals surface area contributed by atoms with Gasteiger partial charge in [0, 0.05) is 7.05 Å². The lowest BCUT2D eigenvalue weighted by Gasteiger charge is -2.36. The molecule has 0 aliphatic rings. The number of likely N-dealkylation sites (N-methyl/N-ethyl adjacent to an activating group) is 1. The first kappa shape index (κ1) is 16.2. The van der Waals surface area contributed by atoms with Crippen molar-refractivity contribution in [3.63, 3.8) is 0 Å². The van der Waals surface area contributed by atoms with Gasteiger partial charge in [0.05, 0.1) is 17.7 Å². The van der Waals surface area contributed by atoms with Crippen LogP contribution in [0.5, 0.6) is 0 Å². The fraction of sp³-hybridized carbons (Fsp3) is 0.500. The van der Waals surface area contributed by atoms with Crippen LogP contribution < -0.4 is 10.6 Å². The van der Waals surface area contributed by atoms with Crippen LogP contribution in [0.1, 0.15) is 25.1 Å². The normalized spacial score (nSPS) is 12.3. The van der Waals surface area contributed by atoms with Crippen LogP contribution in [0.4, 0.5) is 19.0 Å². The highest BCUT2D eigenvalue weighted by atomic mass is 19.4. The third kappa shape index (κ3) is 3.19. The summed E-state index contributed by atoms with van der Waals surface area (Å²) in [4.78, 5) is 4.92. The van der Waals surface area contributed by atoms with E-state index >= 15 is 0 Å². The van der Waals surface area contributed by atoms with Gasteiger partial charge < -0.3 is 15.7 Å². The Bertz CT molecular complexity index is 514. The molecular weight excluding hydrogens is 273 g/mol. The maximum atomic E-state index is 12.7. The van der Waals surface area contributed by atoms with Gasteiger partial charge in [0.2, 0.25) is 0 Å². The van der Waals surface area contributed by atoms with Crippen molar-refractivity contribution in [1.29, 1.82) is 5.41 Å². The largest absolute Gasteiger partial charge is 0.433 e. The zero-order chi connectivity index (χ0) is 15.7. The average molecular weight is 290 g/mol. The molecular formula is C12H17F3N4O. The molecule has 0 aromatic carbocycles. The molecule has 0 unspecified atom stereocenters. The highest BCUT2D eigenvalue weighted by Gasteiger charge is 2.35. The maximum absolute atomic E-state index is 12.7. The molecule has 1 aromatic heterocycles. The van der Waals surface area contributed by atoms with Gasteiger partial charge in [0.15, 0.2) is 0 Å². The third-order valence-corrected chi connectivity index (χ3v) is 3.07. The Balaban J connectivity index is 3.44. The first-order valence-corrected chi connectivity index (χ1v) is 5.78. The zero-order valence-corrected chi connectivity index (χ0v) is 11.4. The maximum Gasteiger partial charge on any atom is 0.433 e. The highest BCUT2D eigenvalue weighted by Crippen LogP contribution is 2.31. The van der Waals surface area contributed by atoms with Gasteiger partial charge in [-0.2, -0.15) is 13.2 Å². The summed E-state index contributed by atoms with van der Waals surface area (Å²) < 4.78 is 38.2. The molecule has 5 nitrogen and oxygen atoms in total. The van der Waals surface area contributed by atoms with Gasteiger partial charge in [-0.05, 0) is 26.0 Å². The number of rotatable bonds is 4. The summed E-state index contributed by atoms with van der Waals surface area (Å²) in [6.45, 7) is 2.98. The number of aromatic nitrogens is 1. The Hall–Kier alpha value is -1.83. The van der Waals surface area contributed by atoms with Crippen molar-refractivity contribution >= 4 is 11.7 Å². The molecule has 1 aromatic rings. The average Bonchev–Trinajstić information content (AvgIpc) is 2.35. The quantitative estimate of drug-likeness (QED) is 0.580. The van der Waals surface area contributed by atoms with Crippen LogP contribution in [0.15, 0.2) is 12.1 Å². The number of nitrogens with zero attached hydrogens (tertiary/aromatic N) is 2. The first-order valence-electron chi connectivity index (χ1n) is 5.78. The van der Waals surface area contributed by atoms with Crippen LogP contribution in [-0.4, -0.2) is 35.1 Å². The second-order valence-corrected chi connectivity index (χ2v) is 5.01. The molecule has 4 N–H and O–H groups in total. The van der Waals surface area contributed by atoms with E-state index in [2.05, 4.69) is 4.98 Å². The Kier molecular flexibility index (Phi) is 4.28. The Morgan fingerprint density at radius 2 is 1.95 bits per heavy atom. The topological polar surface area (TPSA) is 86.2 Å². The smallest absolute Gasteiger partial charge is 0.394 e. The number of hydrogen-bond donors (Lipinski definition) is 3. The molecule has 0 saturated heterocycles. The Morgan fingerprint density at radius 3 is 2.35 bits per heavy atom. The molecule has 0 radical (unpaired) electrons. The number of nitrogen functional groups attached to an aromatic ring is 1. The van der Waals surface area contributed by atoms with Gasteiger partial charge in [0.25, 0.3) is 0 Å². The minimum absolute atomic E-state index is 0.0852. The lowest BCUT2D eigenvalue weighted by Crippen LogP contribution is -2.45. The van der Waals surface area contributed by atoms with E-state index < -0.39 is 17.4 Å². The molecule has 1 heterocycles. The lowest BCUT2D eigenvalue weighted by atomic mass is 10.0. The van der Waals surface area contributed by atoms with Gasteiger partial charge in [0.1, 0.15) is 17.3 Å². The van der Waals surface area contributed by atoms with Crippen molar-refractivity contribution in [2.75, 3.05) is 18.6 Å². The second-order valence-electron chi connectivity index (χ2n) is 5.01. The van der Waals surface area contributed by atoms with Gasteiger partial charge in [-0.3, -0.25) is 5.41 Å². The highest BCUT2D eigenvalue weighted by molar-refractivity contribution is 5.99. The predicted molar refractivity (Wildman–Crippen MR) is 69.8 cm³/mol. The van der Waals surface area contributed by atoms with Crippen molar-refractivity contribution in [3.8, 4) is 0 Å². The number of alkyl halides is 3. The molecule has 0 atom stereocenters. The standard InChI is InChI=1S/C12H17F3N4O/c1-11(2,6-20)19(3)10-7(9(16)17)4-5-8(18-10)12(13,14)15/h4-5,20H,6H2,1-3H3,(H3,16,17). The number of anilines is 1. The monoisotopic (exact) mass is 290 g/mol. The van der Waals surface area contributed by atoms with Crippen molar-refractivity contribution in [2.45, 2.75) is 25.6 Å². The number of halogens is 3. The number of nitrogens with one attached hydrogen (secondary N) is 1. The van der Waals surface area contributed by atoms with Crippen LogP contribution in [-0.2, 0) is 6.18 Å². The first-order chi connectivity index (χ1) is 9.00. The zero-order valence-electron chi connectivity index (χ0n) is 11.4. The molecule has 0 aliphatic carbocycles. The van der Waals surface area contributed by atoms with E-state index in [4.69, 9.17) is 11.1 Å². The van der Waals surface area contributed by atoms with Gasteiger partial charge in [-0.1, -0.05) is 0 Å². The SMILES string of the molecule is CN(c1nc(C(F)(F)F)ccc1C(=N)N)C(C)(C)CO. The van der Waals surface area contributed by atoms with E-state index in [-0.39, 0.29) is 23.8 Å². The molecule has 0 amide bonds. The summed E-state index contributed by atoms with van der Waals surface area (Å²) >= 11 is 0. The van der Waals surface area contributed by atoms with E-state index in [9.17, 15) is 18.3 Å². The number of pyridine rings is 1. The minimum atomic E-state index is -4.59. The Morgan fingerprint density at radius 1 is 1.40 bits per heavy atom. The molecule has 1 rings (SSSR count).